The van der Waals surface area contributed by atoms with Gasteiger partial charge >= 0.3 is 0 Å². The quantitative estimate of drug-likeness (QED) is 0.808. The monoisotopic (exact) mass is 306 g/mol. The van der Waals surface area contributed by atoms with Crippen LogP contribution in [0.5, 0.6) is 0 Å². The smallest absolute Gasteiger partial charge is 0.268 e. The zero-order valence-electron chi connectivity index (χ0n) is 13.1. The molecule has 0 fully saturated rings. The van der Waals surface area contributed by atoms with Gasteiger partial charge in [0.1, 0.15) is 5.69 Å². The van der Waals surface area contributed by atoms with Gasteiger partial charge in [-0.15, -0.1) is 0 Å². The van der Waals surface area contributed by atoms with Crippen molar-refractivity contribution < 1.29 is 4.79 Å². The van der Waals surface area contributed by atoms with E-state index in [2.05, 4.69) is 5.32 Å². The normalized spacial score (nSPS) is 10.9. The molecule has 4 heteroatoms. The molecule has 1 amide bonds. The van der Waals surface area contributed by atoms with Gasteiger partial charge in [-0.3, -0.25) is 14.2 Å². The number of nitrogens with zero attached hydrogens (tertiary/aromatic N) is 1. The van der Waals surface area contributed by atoms with E-state index in [0.29, 0.717) is 16.8 Å². The lowest BCUT2D eigenvalue weighted by Crippen LogP contribution is -2.35. The van der Waals surface area contributed by atoms with Crippen LogP contribution in [0.2, 0.25) is 0 Å². The van der Waals surface area contributed by atoms with Gasteiger partial charge < -0.3 is 5.32 Å². The maximum atomic E-state index is 12.9. The molecule has 1 heterocycles. The van der Waals surface area contributed by atoms with E-state index in [9.17, 15) is 9.59 Å². The maximum absolute atomic E-state index is 12.9. The van der Waals surface area contributed by atoms with Gasteiger partial charge in [0.2, 0.25) is 0 Å². The summed E-state index contributed by atoms with van der Waals surface area (Å²) < 4.78 is 1.47. The van der Waals surface area contributed by atoms with Gasteiger partial charge in [-0.05, 0) is 43.5 Å². The van der Waals surface area contributed by atoms with Crippen molar-refractivity contribution in [3.8, 4) is 5.69 Å². The highest BCUT2D eigenvalue weighted by Crippen LogP contribution is 2.16. The SMILES string of the molecule is CC(C)NC(=O)c1cc2ccccc2c(=O)n1-c1ccccc1. The summed E-state index contributed by atoms with van der Waals surface area (Å²) in [7, 11) is 0. The van der Waals surface area contributed by atoms with Crippen LogP contribution < -0.4 is 10.9 Å². The summed E-state index contributed by atoms with van der Waals surface area (Å²) in [4.78, 5) is 25.5. The van der Waals surface area contributed by atoms with E-state index >= 15 is 0 Å². The molecule has 0 saturated carbocycles. The highest BCUT2D eigenvalue weighted by Gasteiger charge is 2.17. The Morgan fingerprint density at radius 3 is 2.35 bits per heavy atom. The van der Waals surface area contributed by atoms with Crippen molar-refractivity contribution in [1.82, 2.24) is 9.88 Å². The number of fused-ring (bicyclic) bond motifs is 1. The minimum atomic E-state index is -0.258. The lowest BCUT2D eigenvalue weighted by Gasteiger charge is -2.15. The number of carbonyl (C=O) groups excluding carboxylic acids is 1. The van der Waals surface area contributed by atoms with Crippen LogP contribution >= 0.6 is 0 Å². The lowest BCUT2D eigenvalue weighted by atomic mass is 10.1. The van der Waals surface area contributed by atoms with Crippen LogP contribution in [0, 0.1) is 0 Å². The molecule has 0 aliphatic carbocycles. The number of aromatic nitrogens is 1. The molecule has 0 unspecified atom stereocenters. The van der Waals surface area contributed by atoms with Crippen molar-refractivity contribution in [3.63, 3.8) is 0 Å². The van der Waals surface area contributed by atoms with Crippen molar-refractivity contribution in [3.05, 3.63) is 76.7 Å². The standard InChI is InChI=1S/C19H18N2O2/c1-13(2)20-18(22)17-12-14-8-6-7-11-16(14)19(23)21(17)15-9-4-3-5-10-15/h3-13H,1-2H3,(H,20,22). The first-order valence-corrected chi connectivity index (χ1v) is 7.59. The van der Waals surface area contributed by atoms with Crippen LogP contribution in [-0.2, 0) is 0 Å². The van der Waals surface area contributed by atoms with Gasteiger partial charge in [-0.2, -0.15) is 0 Å². The average molecular weight is 306 g/mol. The van der Waals surface area contributed by atoms with Crippen molar-refractivity contribution in [2.45, 2.75) is 19.9 Å². The first-order valence-electron chi connectivity index (χ1n) is 7.59. The molecule has 0 spiro atoms. The first kappa shape index (κ1) is 15.0. The second kappa shape index (κ2) is 6.08. The predicted octanol–water partition coefficient (Wildman–Crippen LogP) is 3.13. The topological polar surface area (TPSA) is 51.1 Å². The fraction of sp³-hybridized carbons (Fsp3) is 0.158. The molecule has 1 N–H and O–H groups in total. The molecule has 0 radical (unpaired) electrons. The maximum Gasteiger partial charge on any atom is 0.268 e. The fourth-order valence-corrected chi connectivity index (χ4v) is 2.60. The Bertz CT molecular complexity index is 912. The number of para-hydroxylation sites is 1. The van der Waals surface area contributed by atoms with E-state index in [-0.39, 0.29) is 17.5 Å². The summed E-state index contributed by atoms with van der Waals surface area (Å²) in [5, 5.41) is 4.22. The van der Waals surface area contributed by atoms with Gasteiger partial charge in [0.05, 0.1) is 0 Å². The molecule has 0 aliphatic heterocycles. The molecule has 2 aromatic carbocycles. The third-order valence-corrected chi connectivity index (χ3v) is 3.59. The fourth-order valence-electron chi connectivity index (χ4n) is 2.60. The molecule has 0 aliphatic rings. The highest BCUT2D eigenvalue weighted by molar-refractivity contribution is 5.97. The Morgan fingerprint density at radius 1 is 1.00 bits per heavy atom. The number of carbonyl (C=O) groups is 1. The third kappa shape index (κ3) is 2.88. The Labute approximate surface area is 134 Å². The Hall–Kier alpha value is -2.88. The number of nitrogens with one attached hydrogen (secondary N) is 1. The van der Waals surface area contributed by atoms with Crippen LogP contribution in [0.15, 0.2) is 65.5 Å². The summed E-state index contributed by atoms with van der Waals surface area (Å²) in [6, 6.07) is 18.3. The summed E-state index contributed by atoms with van der Waals surface area (Å²) in [5.41, 5.74) is 0.828. The van der Waals surface area contributed by atoms with Crippen LogP contribution in [-0.4, -0.2) is 16.5 Å². The van der Waals surface area contributed by atoms with Gasteiger partial charge in [0.25, 0.3) is 11.5 Å². The van der Waals surface area contributed by atoms with E-state index in [4.69, 9.17) is 0 Å². The number of amides is 1. The number of hydrogen-bond acceptors (Lipinski definition) is 2. The number of benzene rings is 2. The molecule has 1 aromatic heterocycles. The summed E-state index contributed by atoms with van der Waals surface area (Å²) >= 11 is 0. The Balaban J connectivity index is 2.32. The second-order valence-corrected chi connectivity index (χ2v) is 5.72. The largest absolute Gasteiger partial charge is 0.349 e. The average Bonchev–Trinajstić information content (AvgIpc) is 2.55. The molecular weight excluding hydrogens is 288 g/mol. The lowest BCUT2D eigenvalue weighted by molar-refractivity contribution is 0.0935. The third-order valence-electron chi connectivity index (χ3n) is 3.59. The molecular formula is C19H18N2O2. The van der Waals surface area contributed by atoms with Crippen LogP contribution in [0.25, 0.3) is 16.5 Å². The highest BCUT2D eigenvalue weighted by atomic mass is 16.2. The zero-order valence-corrected chi connectivity index (χ0v) is 13.1. The van der Waals surface area contributed by atoms with Crippen molar-refractivity contribution >= 4 is 16.7 Å². The summed E-state index contributed by atoms with van der Waals surface area (Å²) in [5.74, 6) is -0.258. The summed E-state index contributed by atoms with van der Waals surface area (Å²) in [6.45, 7) is 3.79. The molecule has 3 aromatic rings. The Kier molecular flexibility index (Phi) is 3.98. The molecule has 23 heavy (non-hydrogen) atoms. The minimum Gasteiger partial charge on any atom is -0.349 e. The Morgan fingerprint density at radius 2 is 1.65 bits per heavy atom. The zero-order chi connectivity index (χ0) is 16.4. The molecule has 116 valence electrons. The number of hydrogen-bond donors (Lipinski definition) is 1. The molecule has 3 rings (SSSR count). The summed E-state index contributed by atoms with van der Waals surface area (Å²) in [6.07, 6.45) is 0. The van der Waals surface area contributed by atoms with E-state index in [1.54, 1.807) is 12.1 Å². The first-order chi connectivity index (χ1) is 11.1. The van der Waals surface area contributed by atoms with Crippen LogP contribution in [0.4, 0.5) is 0 Å². The van der Waals surface area contributed by atoms with Crippen molar-refractivity contribution in [2.24, 2.45) is 0 Å². The minimum absolute atomic E-state index is 0.00621. The van der Waals surface area contributed by atoms with E-state index in [1.807, 2.05) is 62.4 Å². The molecule has 4 nitrogen and oxygen atoms in total. The van der Waals surface area contributed by atoms with Gasteiger partial charge in [0, 0.05) is 17.1 Å². The molecule has 0 bridgehead atoms. The number of pyridine rings is 1. The van der Waals surface area contributed by atoms with Crippen molar-refractivity contribution in [1.29, 1.82) is 0 Å². The van der Waals surface area contributed by atoms with Gasteiger partial charge in [-0.1, -0.05) is 36.4 Å². The van der Waals surface area contributed by atoms with E-state index in [0.717, 1.165) is 5.39 Å². The predicted molar refractivity (Wildman–Crippen MR) is 92.1 cm³/mol. The number of rotatable bonds is 3. The van der Waals surface area contributed by atoms with Crippen molar-refractivity contribution in [2.75, 3.05) is 0 Å². The van der Waals surface area contributed by atoms with Gasteiger partial charge in [-0.25, -0.2) is 0 Å². The second-order valence-electron chi connectivity index (χ2n) is 5.72. The van der Waals surface area contributed by atoms with Crippen LogP contribution in [0.3, 0.4) is 0 Å². The molecule has 0 atom stereocenters. The van der Waals surface area contributed by atoms with Gasteiger partial charge in [0.15, 0.2) is 0 Å². The van der Waals surface area contributed by atoms with Crippen LogP contribution in [0.1, 0.15) is 24.3 Å². The molecule has 0 saturated heterocycles. The van der Waals surface area contributed by atoms with E-state index in [1.165, 1.54) is 4.57 Å². The van der Waals surface area contributed by atoms with E-state index < -0.39 is 0 Å².